The van der Waals surface area contributed by atoms with Crippen LogP contribution in [0.2, 0.25) is 0 Å². The van der Waals surface area contributed by atoms with Gasteiger partial charge in [0.25, 0.3) is 5.91 Å². The summed E-state index contributed by atoms with van der Waals surface area (Å²) in [5.74, 6) is -1.33. The lowest BCUT2D eigenvalue weighted by Gasteiger charge is -2.39. The molecule has 1 amide bonds. The van der Waals surface area contributed by atoms with Gasteiger partial charge in [-0.3, -0.25) is 14.5 Å². The van der Waals surface area contributed by atoms with Gasteiger partial charge in [0.1, 0.15) is 5.75 Å². The summed E-state index contributed by atoms with van der Waals surface area (Å²) in [4.78, 5) is 27.8. The minimum atomic E-state index is -4.53. The van der Waals surface area contributed by atoms with E-state index in [0.29, 0.717) is 37.5 Å². The van der Waals surface area contributed by atoms with Crippen LogP contribution in [-0.4, -0.2) is 36.2 Å². The fourth-order valence-electron chi connectivity index (χ4n) is 4.04. The molecule has 0 aliphatic carbocycles. The fourth-order valence-corrected chi connectivity index (χ4v) is 4.04. The Morgan fingerprint density at radius 1 is 1.15 bits per heavy atom. The molecule has 9 heteroatoms. The molecule has 0 spiro atoms. The number of hydrogen-bond donors (Lipinski definition) is 1. The number of ether oxygens (including phenoxy) is 1. The Morgan fingerprint density at radius 2 is 1.85 bits per heavy atom. The van der Waals surface area contributed by atoms with Crippen LogP contribution in [0, 0.1) is 11.8 Å². The molecule has 1 saturated heterocycles. The molecule has 2 aliphatic rings. The number of carboxylic acids is 1. The molecule has 0 saturated carbocycles. The maximum absolute atomic E-state index is 13.4. The van der Waals surface area contributed by atoms with Gasteiger partial charge in [0.05, 0.1) is 22.9 Å². The van der Waals surface area contributed by atoms with Crippen molar-refractivity contribution in [3.05, 3.63) is 48.0 Å². The summed E-state index contributed by atoms with van der Waals surface area (Å²) in [6.07, 6.45) is -4.36. The first-order chi connectivity index (χ1) is 15.5. The van der Waals surface area contributed by atoms with Gasteiger partial charge in [-0.15, -0.1) is 0 Å². The number of carbonyl (C=O) groups excluding carboxylic acids is 1. The van der Waals surface area contributed by atoms with Crippen molar-refractivity contribution in [3.8, 4) is 5.75 Å². The second-order valence-electron chi connectivity index (χ2n) is 8.89. The van der Waals surface area contributed by atoms with Crippen LogP contribution in [0.25, 0.3) is 0 Å². The largest absolute Gasteiger partial charge is 0.481 e. The second-order valence-corrected chi connectivity index (χ2v) is 8.89. The van der Waals surface area contributed by atoms with Gasteiger partial charge in [-0.1, -0.05) is 19.9 Å². The molecular weight excluding hydrogens is 437 g/mol. The van der Waals surface area contributed by atoms with Gasteiger partial charge in [-0.05, 0) is 55.2 Å². The molecule has 1 fully saturated rings. The topological polar surface area (TPSA) is 70.1 Å². The Labute approximate surface area is 189 Å². The van der Waals surface area contributed by atoms with Crippen molar-refractivity contribution < 1.29 is 32.6 Å². The molecule has 1 unspecified atom stereocenters. The summed E-state index contributed by atoms with van der Waals surface area (Å²) < 4.78 is 45.7. The number of amides is 1. The molecule has 33 heavy (non-hydrogen) atoms. The summed E-state index contributed by atoms with van der Waals surface area (Å²) in [6.45, 7) is 4.72. The molecule has 2 heterocycles. The van der Waals surface area contributed by atoms with Gasteiger partial charge >= 0.3 is 12.1 Å². The SMILES string of the molecule is CC(C)CCC1Oc2cc(C(F)(F)F)ccc2N(c2cccc(N3CC(C(=O)O)C3)c2)C1=O. The highest BCUT2D eigenvalue weighted by Crippen LogP contribution is 2.44. The third kappa shape index (κ3) is 4.62. The number of benzene rings is 2. The zero-order chi connectivity index (χ0) is 23.9. The molecule has 0 radical (unpaired) electrons. The van der Waals surface area contributed by atoms with E-state index in [4.69, 9.17) is 9.84 Å². The van der Waals surface area contributed by atoms with E-state index in [9.17, 15) is 22.8 Å². The third-order valence-electron chi connectivity index (χ3n) is 5.98. The van der Waals surface area contributed by atoms with E-state index in [-0.39, 0.29) is 17.3 Å². The quantitative estimate of drug-likeness (QED) is 0.648. The monoisotopic (exact) mass is 462 g/mol. The number of nitrogens with zero attached hydrogens (tertiary/aromatic N) is 2. The predicted molar refractivity (Wildman–Crippen MR) is 117 cm³/mol. The van der Waals surface area contributed by atoms with Gasteiger partial charge in [0, 0.05) is 18.8 Å². The van der Waals surface area contributed by atoms with E-state index in [2.05, 4.69) is 0 Å². The van der Waals surface area contributed by atoms with E-state index < -0.39 is 29.7 Å². The van der Waals surface area contributed by atoms with Crippen molar-refractivity contribution in [1.29, 1.82) is 0 Å². The number of carboxylic acid groups (broad SMARTS) is 1. The number of rotatable bonds is 6. The number of alkyl halides is 3. The Hall–Kier alpha value is -3.23. The highest BCUT2D eigenvalue weighted by molar-refractivity contribution is 6.06. The Morgan fingerprint density at radius 3 is 2.48 bits per heavy atom. The molecule has 4 rings (SSSR count). The number of carbonyl (C=O) groups is 2. The van der Waals surface area contributed by atoms with E-state index in [1.165, 1.54) is 11.0 Å². The number of halogens is 3. The molecule has 0 bridgehead atoms. The second kappa shape index (κ2) is 8.61. The van der Waals surface area contributed by atoms with Crippen LogP contribution in [0.3, 0.4) is 0 Å². The van der Waals surface area contributed by atoms with Crippen LogP contribution in [-0.2, 0) is 15.8 Å². The number of hydrogen-bond acceptors (Lipinski definition) is 4. The molecule has 1 atom stereocenters. The number of aliphatic carboxylic acids is 1. The van der Waals surface area contributed by atoms with Crippen molar-refractivity contribution in [2.24, 2.45) is 11.8 Å². The van der Waals surface area contributed by atoms with Crippen LogP contribution in [0.15, 0.2) is 42.5 Å². The van der Waals surface area contributed by atoms with Gasteiger partial charge in [0.2, 0.25) is 0 Å². The minimum absolute atomic E-state index is 0.0125. The zero-order valence-electron chi connectivity index (χ0n) is 18.3. The van der Waals surface area contributed by atoms with Gasteiger partial charge < -0.3 is 14.7 Å². The molecule has 176 valence electrons. The summed E-state index contributed by atoms with van der Waals surface area (Å²) in [6, 6.07) is 10.2. The van der Waals surface area contributed by atoms with Gasteiger partial charge in [-0.2, -0.15) is 13.2 Å². The summed E-state index contributed by atoms with van der Waals surface area (Å²) in [7, 11) is 0. The number of anilines is 3. The molecular formula is C24H25F3N2O4. The molecule has 2 aliphatic heterocycles. The maximum Gasteiger partial charge on any atom is 0.416 e. The van der Waals surface area contributed by atoms with Crippen LogP contribution in [0.5, 0.6) is 5.75 Å². The lowest BCUT2D eigenvalue weighted by atomic mass is 9.99. The maximum atomic E-state index is 13.4. The summed E-state index contributed by atoms with van der Waals surface area (Å²) in [5, 5.41) is 9.13. The van der Waals surface area contributed by atoms with Crippen LogP contribution < -0.4 is 14.5 Å². The van der Waals surface area contributed by atoms with Crippen LogP contribution in [0.1, 0.15) is 32.3 Å². The zero-order valence-corrected chi connectivity index (χ0v) is 18.3. The Kier molecular flexibility index (Phi) is 5.99. The Bertz CT molecular complexity index is 1060. The minimum Gasteiger partial charge on any atom is -0.481 e. The van der Waals surface area contributed by atoms with Crippen molar-refractivity contribution in [3.63, 3.8) is 0 Å². The molecule has 2 aromatic carbocycles. The van der Waals surface area contributed by atoms with Gasteiger partial charge in [-0.25, -0.2) is 0 Å². The van der Waals surface area contributed by atoms with E-state index in [1.807, 2.05) is 24.8 Å². The average molecular weight is 462 g/mol. The van der Waals surface area contributed by atoms with Crippen molar-refractivity contribution in [2.75, 3.05) is 22.9 Å². The fraction of sp³-hybridized carbons (Fsp3) is 0.417. The van der Waals surface area contributed by atoms with Crippen LogP contribution in [0.4, 0.5) is 30.2 Å². The Balaban J connectivity index is 1.70. The smallest absolute Gasteiger partial charge is 0.416 e. The van der Waals surface area contributed by atoms with Crippen molar-refractivity contribution >= 4 is 28.9 Å². The normalized spacial score (nSPS) is 18.7. The van der Waals surface area contributed by atoms with Crippen molar-refractivity contribution in [2.45, 2.75) is 39.0 Å². The lowest BCUT2D eigenvalue weighted by Crippen LogP contribution is -2.50. The molecule has 0 aromatic heterocycles. The summed E-state index contributed by atoms with van der Waals surface area (Å²) in [5.41, 5.74) is 0.650. The van der Waals surface area contributed by atoms with E-state index in [1.54, 1.807) is 18.2 Å². The molecule has 1 N–H and O–H groups in total. The lowest BCUT2D eigenvalue weighted by molar-refractivity contribution is -0.142. The molecule has 6 nitrogen and oxygen atoms in total. The standard InChI is InChI=1S/C24H25F3N2O4/c1-14(2)6-9-20-22(30)29(19-8-7-16(24(25,26)27)10-21(19)33-20)18-5-3-4-17(11-18)28-12-15(13-28)23(31)32/h3-5,7-8,10-11,14-15,20H,6,9,12-13H2,1-2H3,(H,31,32). The summed E-state index contributed by atoms with van der Waals surface area (Å²) >= 11 is 0. The first-order valence-electron chi connectivity index (χ1n) is 10.8. The third-order valence-corrected chi connectivity index (χ3v) is 5.98. The van der Waals surface area contributed by atoms with Gasteiger partial charge in [0.15, 0.2) is 6.10 Å². The van der Waals surface area contributed by atoms with Crippen LogP contribution >= 0.6 is 0 Å². The van der Waals surface area contributed by atoms with E-state index in [0.717, 1.165) is 17.8 Å². The average Bonchev–Trinajstić information content (AvgIpc) is 2.70. The van der Waals surface area contributed by atoms with Crippen molar-refractivity contribution in [1.82, 2.24) is 0 Å². The molecule has 2 aromatic rings. The highest BCUT2D eigenvalue weighted by atomic mass is 19.4. The van der Waals surface area contributed by atoms with E-state index >= 15 is 0 Å². The first-order valence-corrected chi connectivity index (χ1v) is 10.8. The first kappa shape index (κ1) is 22.9. The predicted octanol–water partition coefficient (Wildman–Crippen LogP) is 5.09. The number of fused-ring (bicyclic) bond motifs is 1. The highest BCUT2D eigenvalue weighted by Gasteiger charge is 2.39.